The molecule has 0 unspecified atom stereocenters. The predicted octanol–water partition coefficient (Wildman–Crippen LogP) is -1.23. The van der Waals surface area contributed by atoms with E-state index < -0.39 is 27.8 Å². The Hall–Kier alpha value is -1.88. The van der Waals surface area contributed by atoms with Crippen molar-refractivity contribution in [2.75, 3.05) is 50.8 Å². The van der Waals surface area contributed by atoms with E-state index in [1.165, 1.54) is 0 Å². The fraction of sp³-hybridized carbons (Fsp3) is 0.786. The summed E-state index contributed by atoms with van der Waals surface area (Å²) in [5.74, 6) is -0.510. The zero-order chi connectivity index (χ0) is 18.4. The number of hydrogen-bond donors (Lipinski definition) is 2. The van der Waals surface area contributed by atoms with Crippen molar-refractivity contribution in [2.45, 2.75) is 19.4 Å². The SMILES string of the molecule is CCOC(=O)N1CCN(CC(=O)NC(=O)N[C@@H]2CCS(=O)(=O)C2)CC1. The largest absolute Gasteiger partial charge is 0.450 e. The fourth-order valence-corrected chi connectivity index (χ4v) is 4.48. The zero-order valence-electron chi connectivity index (χ0n) is 14.2. The smallest absolute Gasteiger partial charge is 0.409 e. The van der Waals surface area contributed by atoms with E-state index in [9.17, 15) is 22.8 Å². The van der Waals surface area contributed by atoms with Crippen molar-refractivity contribution in [3.05, 3.63) is 0 Å². The van der Waals surface area contributed by atoms with Crippen LogP contribution in [0.15, 0.2) is 0 Å². The molecule has 2 heterocycles. The maximum atomic E-state index is 11.9. The lowest BCUT2D eigenvalue weighted by Gasteiger charge is -2.33. The maximum absolute atomic E-state index is 11.9. The molecule has 25 heavy (non-hydrogen) atoms. The van der Waals surface area contributed by atoms with Gasteiger partial charge in [-0.1, -0.05) is 0 Å². The molecule has 2 saturated heterocycles. The molecular weight excluding hydrogens is 352 g/mol. The molecule has 2 aliphatic rings. The predicted molar refractivity (Wildman–Crippen MR) is 88.8 cm³/mol. The maximum Gasteiger partial charge on any atom is 0.409 e. The van der Waals surface area contributed by atoms with E-state index in [-0.39, 0.29) is 24.1 Å². The molecule has 0 spiro atoms. The quantitative estimate of drug-likeness (QED) is 0.629. The number of ether oxygens (including phenoxy) is 1. The summed E-state index contributed by atoms with van der Waals surface area (Å²) in [6, 6.07) is -1.14. The first-order chi connectivity index (χ1) is 11.8. The molecule has 0 aromatic rings. The number of carbonyl (C=O) groups is 3. The van der Waals surface area contributed by atoms with Gasteiger partial charge in [0.2, 0.25) is 5.91 Å². The van der Waals surface area contributed by atoms with Crippen LogP contribution in [0.5, 0.6) is 0 Å². The van der Waals surface area contributed by atoms with Crippen LogP contribution in [-0.4, -0.2) is 93.1 Å². The van der Waals surface area contributed by atoms with Gasteiger partial charge in [-0.15, -0.1) is 0 Å². The Bertz CT molecular complexity index is 615. The minimum atomic E-state index is -3.09. The average Bonchev–Trinajstić information content (AvgIpc) is 2.86. The van der Waals surface area contributed by atoms with Crippen LogP contribution in [0.2, 0.25) is 0 Å². The number of amides is 4. The van der Waals surface area contributed by atoms with Crippen molar-refractivity contribution in [1.29, 1.82) is 0 Å². The van der Waals surface area contributed by atoms with E-state index in [2.05, 4.69) is 10.6 Å². The normalized spacial score (nSPS) is 23.1. The van der Waals surface area contributed by atoms with Crippen LogP contribution in [0.4, 0.5) is 9.59 Å². The molecule has 0 aromatic carbocycles. The third kappa shape index (κ3) is 6.16. The minimum Gasteiger partial charge on any atom is -0.450 e. The number of hydrogen-bond acceptors (Lipinski definition) is 7. The number of piperazine rings is 1. The molecular formula is C14H24N4O6S. The van der Waals surface area contributed by atoms with E-state index in [0.717, 1.165) is 0 Å². The zero-order valence-corrected chi connectivity index (χ0v) is 15.0. The Labute approximate surface area is 146 Å². The summed E-state index contributed by atoms with van der Waals surface area (Å²) in [6.45, 7) is 4.02. The number of nitrogens with one attached hydrogen (secondary N) is 2. The van der Waals surface area contributed by atoms with Crippen LogP contribution in [-0.2, 0) is 19.4 Å². The van der Waals surface area contributed by atoms with Gasteiger partial charge in [0.25, 0.3) is 0 Å². The molecule has 2 rings (SSSR count). The monoisotopic (exact) mass is 376 g/mol. The van der Waals surface area contributed by atoms with Gasteiger partial charge in [-0.3, -0.25) is 15.0 Å². The lowest BCUT2D eigenvalue weighted by Crippen LogP contribution is -2.53. The Morgan fingerprint density at radius 3 is 2.40 bits per heavy atom. The first kappa shape index (κ1) is 19.4. The third-order valence-electron chi connectivity index (χ3n) is 4.09. The van der Waals surface area contributed by atoms with Crippen LogP contribution in [0, 0.1) is 0 Å². The molecule has 1 atom stereocenters. The summed E-state index contributed by atoms with van der Waals surface area (Å²) < 4.78 is 27.6. The first-order valence-electron chi connectivity index (χ1n) is 8.24. The van der Waals surface area contributed by atoms with Crippen molar-refractivity contribution in [3.8, 4) is 0 Å². The van der Waals surface area contributed by atoms with E-state index in [1.807, 2.05) is 4.90 Å². The number of sulfone groups is 1. The Morgan fingerprint density at radius 1 is 1.16 bits per heavy atom. The van der Waals surface area contributed by atoms with E-state index in [4.69, 9.17) is 4.74 Å². The van der Waals surface area contributed by atoms with Crippen LogP contribution < -0.4 is 10.6 Å². The van der Waals surface area contributed by atoms with E-state index >= 15 is 0 Å². The molecule has 0 bridgehead atoms. The molecule has 0 saturated carbocycles. The molecule has 0 aliphatic carbocycles. The van der Waals surface area contributed by atoms with Gasteiger partial charge >= 0.3 is 12.1 Å². The summed E-state index contributed by atoms with van der Waals surface area (Å²) >= 11 is 0. The highest BCUT2D eigenvalue weighted by atomic mass is 32.2. The first-order valence-corrected chi connectivity index (χ1v) is 10.1. The molecule has 2 N–H and O–H groups in total. The molecule has 11 heteroatoms. The van der Waals surface area contributed by atoms with Gasteiger partial charge in [0.1, 0.15) is 0 Å². The number of carbonyl (C=O) groups excluding carboxylic acids is 3. The molecule has 0 radical (unpaired) electrons. The van der Waals surface area contributed by atoms with Gasteiger partial charge in [-0.2, -0.15) is 0 Å². The Balaban J connectivity index is 1.67. The summed E-state index contributed by atoms with van der Waals surface area (Å²) in [5, 5.41) is 4.71. The minimum absolute atomic E-state index is 0.0348. The number of rotatable bonds is 4. The second-order valence-corrected chi connectivity index (χ2v) is 8.31. The second kappa shape index (κ2) is 8.48. The van der Waals surface area contributed by atoms with Crippen molar-refractivity contribution >= 4 is 27.9 Å². The lowest BCUT2D eigenvalue weighted by molar-refractivity contribution is -0.121. The Morgan fingerprint density at radius 2 is 1.84 bits per heavy atom. The molecule has 4 amide bonds. The summed E-state index contributed by atoms with van der Waals surface area (Å²) in [7, 11) is -3.09. The standard InChI is InChI=1S/C14H24N4O6S/c1-2-24-14(21)18-6-4-17(5-7-18)9-12(19)16-13(20)15-11-3-8-25(22,23)10-11/h11H,2-10H2,1H3,(H2,15,16,19,20)/t11-/m1/s1. The van der Waals surface area contributed by atoms with Crippen LogP contribution in [0.3, 0.4) is 0 Å². The highest BCUT2D eigenvalue weighted by molar-refractivity contribution is 7.91. The topological polar surface area (TPSA) is 125 Å². The third-order valence-corrected chi connectivity index (χ3v) is 5.85. The van der Waals surface area contributed by atoms with Gasteiger partial charge in [0.15, 0.2) is 9.84 Å². The fourth-order valence-electron chi connectivity index (χ4n) is 2.80. The molecule has 142 valence electrons. The molecule has 0 aromatic heterocycles. The van der Waals surface area contributed by atoms with Crippen LogP contribution in [0.1, 0.15) is 13.3 Å². The van der Waals surface area contributed by atoms with Gasteiger partial charge in [-0.05, 0) is 13.3 Å². The summed E-state index contributed by atoms with van der Waals surface area (Å²) in [6.07, 6.45) is -0.00255. The lowest BCUT2D eigenvalue weighted by atomic mass is 10.3. The molecule has 2 aliphatic heterocycles. The van der Waals surface area contributed by atoms with E-state index in [1.54, 1.807) is 11.8 Å². The highest BCUT2D eigenvalue weighted by Crippen LogP contribution is 2.10. The van der Waals surface area contributed by atoms with Crippen molar-refractivity contribution in [2.24, 2.45) is 0 Å². The number of urea groups is 1. The molecule has 2 fully saturated rings. The van der Waals surface area contributed by atoms with Crippen molar-refractivity contribution in [3.63, 3.8) is 0 Å². The average molecular weight is 376 g/mol. The number of nitrogens with zero attached hydrogens (tertiary/aromatic N) is 2. The van der Waals surface area contributed by atoms with Gasteiger partial charge in [0.05, 0.1) is 24.7 Å². The van der Waals surface area contributed by atoms with Crippen LogP contribution in [0.25, 0.3) is 0 Å². The second-order valence-electron chi connectivity index (χ2n) is 6.08. The van der Waals surface area contributed by atoms with Crippen molar-refractivity contribution < 1.29 is 27.5 Å². The van der Waals surface area contributed by atoms with Gasteiger partial charge in [-0.25, -0.2) is 18.0 Å². The van der Waals surface area contributed by atoms with Crippen LogP contribution >= 0.6 is 0 Å². The molecule has 10 nitrogen and oxygen atoms in total. The van der Waals surface area contributed by atoms with E-state index in [0.29, 0.717) is 39.2 Å². The number of imide groups is 1. The van der Waals surface area contributed by atoms with Gasteiger partial charge < -0.3 is 15.0 Å². The summed E-state index contributed by atoms with van der Waals surface area (Å²) in [5.41, 5.74) is 0. The highest BCUT2D eigenvalue weighted by Gasteiger charge is 2.29. The Kier molecular flexibility index (Phi) is 6.59. The van der Waals surface area contributed by atoms with Gasteiger partial charge in [0, 0.05) is 32.2 Å². The van der Waals surface area contributed by atoms with Crippen molar-refractivity contribution in [1.82, 2.24) is 20.4 Å². The summed E-state index contributed by atoms with van der Waals surface area (Å²) in [4.78, 5) is 38.7.